The first kappa shape index (κ1) is 13.7. The van der Waals surface area contributed by atoms with E-state index in [1.54, 1.807) is 36.0 Å². The number of carbonyl (C=O) groups is 1. The Kier molecular flexibility index (Phi) is 3.97. The van der Waals surface area contributed by atoms with Crippen LogP contribution in [0.3, 0.4) is 0 Å². The number of para-hydroxylation sites is 1. The maximum Gasteiger partial charge on any atom is 0.324 e. The highest BCUT2D eigenvalue weighted by molar-refractivity contribution is 6.39. The van der Waals surface area contributed by atoms with Crippen molar-refractivity contribution in [3.8, 4) is 0 Å². The fourth-order valence-corrected chi connectivity index (χ4v) is 1.99. The third-order valence-electron chi connectivity index (χ3n) is 2.56. The summed E-state index contributed by atoms with van der Waals surface area (Å²) in [7, 11) is 1.79. The number of hydrogen-bond acceptors (Lipinski definition) is 2. The molecule has 2 amide bonds. The second-order valence-corrected chi connectivity index (χ2v) is 4.78. The van der Waals surface area contributed by atoms with Crippen LogP contribution in [0.25, 0.3) is 0 Å². The molecule has 2 rings (SSSR count). The molecule has 1 aromatic carbocycles. The SMILES string of the molecule is Cc1cc(NC(=O)Nc2c(Cl)cccc2Cl)nn1C. The summed E-state index contributed by atoms with van der Waals surface area (Å²) >= 11 is 11.9. The van der Waals surface area contributed by atoms with Gasteiger partial charge in [0.2, 0.25) is 0 Å². The number of urea groups is 1. The monoisotopic (exact) mass is 298 g/mol. The molecule has 1 aromatic heterocycles. The molecule has 19 heavy (non-hydrogen) atoms. The molecule has 0 fully saturated rings. The second-order valence-electron chi connectivity index (χ2n) is 3.97. The van der Waals surface area contributed by atoms with E-state index in [1.807, 2.05) is 6.92 Å². The van der Waals surface area contributed by atoms with Gasteiger partial charge in [0.15, 0.2) is 5.82 Å². The van der Waals surface area contributed by atoms with E-state index in [0.29, 0.717) is 21.6 Å². The zero-order valence-corrected chi connectivity index (χ0v) is 11.9. The van der Waals surface area contributed by atoms with E-state index in [0.717, 1.165) is 5.69 Å². The molecule has 0 aliphatic carbocycles. The molecule has 0 bridgehead atoms. The first-order valence-electron chi connectivity index (χ1n) is 5.50. The van der Waals surface area contributed by atoms with Crippen LogP contribution < -0.4 is 10.6 Å². The third kappa shape index (κ3) is 3.19. The molecule has 1 heterocycles. The molecule has 0 saturated heterocycles. The Bertz CT molecular complexity index is 584. The molecule has 0 unspecified atom stereocenters. The van der Waals surface area contributed by atoms with Gasteiger partial charge in [-0.15, -0.1) is 0 Å². The Morgan fingerprint density at radius 1 is 1.26 bits per heavy atom. The van der Waals surface area contributed by atoms with Crippen LogP contribution in [-0.2, 0) is 7.05 Å². The van der Waals surface area contributed by atoms with Gasteiger partial charge in [0.05, 0.1) is 15.7 Å². The minimum atomic E-state index is -0.451. The molecule has 100 valence electrons. The van der Waals surface area contributed by atoms with Gasteiger partial charge in [-0.1, -0.05) is 29.3 Å². The van der Waals surface area contributed by atoms with Gasteiger partial charge >= 0.3 is 6.03 Å². The zero-order valence-electron chi connectivity index (χ0n) is 10.4. The minimum Gasteiger partial charge on any atom is -0.305 e. The lowest BCUT2D eigenvalue weighted by Crippen LogP contribution is -2.20. The molecule has 2 N–H and O–H groups in total. The van der Waals surface area contributed by atoms with Crippen molar-refractivity contribution < 1.29 is 4.79 Å². The number of hydrogen-bond donors (Lipinski definition) is 2. The zero-order chi connectivity index (χ0) is 14.0. The van der Waals surface area contributed by atoms with Crippen LogP contribution in [0.15, 0.2) is 24.3 Å². The van der Waals surface area contributed by atoms with Gasteiger partial charge in [-0.25, -0.2) is 4.79 Å². The van der Waals surface area contributed by atoms with Gasteiger partial charge in [-0.05, 0) is 19.1 Å². The van der Waals surface area contributed by atoms with Crippen molar-refractivity contribution >= 4 is 40.7 Å². The molecule has 0 spiro atoms. The summed E-state index contributed by atoms with van der Waals surface area (Å²) < 4.78 is 1.66. The van der Waals surface area contributed by atoms with Gasteiger partial charge in [-0.2, -0.15) is 5.10 Å². The van der Waals surface area contributed by atoms with E-state index in [4.69, 9.17) is 23.2 Å². The Morgan fingerprint density at radius 3 is 2.42 bits per heavy atom. The average Bonchev–Trinajstić information content (AvgIpc) is 2.63. The highest BCUT2D eigenvalue weighted by Crippen LogP contribution is 2.29. The van der Waals surface area contributed by atoms with E-state index < -0.39 is 6.03 Å². The number of rotatable bonds is 2. The number of nitrogens with one attached hydrogen (secondary N) is 2. The summed E-state index contributed by atoms with van der Waals surface area (Å²) in [4.78, 5) is 11.8. The maximum atomic E-state index is 11.8. The van der Waals surface area contributed by atoms with Crippen LogP contribution >= 0.6 is 23.2 Å². The first-order valence-corrected chi connectivity index (χ1v) is 6.25. The lowest BCUT2D eigenvalue weighted by Gasteiger charge is -2.08. The third-order valence-corrected chi connectivity index (χ3v) is 3.19. The molecule has 0 atom stereocenters. The van der Waals surface area contributed by atoms with Gasteiger partial charge in [0.25, 0.3) is 0 Å². The van der Waals surface area contributed by atoms with Crippen molar-refractivity contribution in [2.45, 2.75) is 6.92 Å². The molecule has 2 aromatic rings. The largest absolute Gasteiger partial charge is 0.324 e. The standard InChI is InChI=1S/C12H12Cl2N4O/c1-7-6-10(17-18(7)2)15-12(19)16-11-8(13)4-3-5-9(11)14/h3-6H,1-2H3,(H2,15,16,17,19). The molecule has 0 aliphatic rings. The van der Waals surface area contributed by atoms with Crippen LogP contribution in [0.5, 0.6) is 0 Å². The number of anilines is 2. The smallest absolute Gasteiger partial charge is 0.305 e. The van der Waals surface area contributed by atoms with Crippen LogP contribution in [0, 0.1) is 6.92 Å². The summed E-state index contributed by atoms with van der Waals surface area (Å²) in [6.07, 6.45) is 0. The number of carbonyl (C=O) groups excluding carboxylic acids is 1. The number of aryl methyl sites for hydroxylation is 2. The van der Waals surface area contributed by atoms with Crippen LogP contribution in [0.4, 0.5) is 16.3 Å². The van der Waals surface area contributed by atoms with Gasteiger partial charge in [-0.3, -0.25) is 10.00 Å². The molecule has 0 radical (unpaired) electrons. The normalized spacial score (nSPS) is 10.3. The predicted molar refractivity (Wildman–Crippen MR) is 77.0 cm³/mol. The first-order chi connectivity index (χ1) is 8.97. The van der Waals surface area contributed by atoms with E-state index >= 15 is 0 Å². The molecule has 7 heteroatoms. The summed E-state index contributed by atoms with van der Waals surface area (Å²) in [6.45, 7) is 1.89. The Morgan fingerprint density at radius 2 is 1.89 bits per heavy atom. The van der Waals surface area contributed by atoms with Crippen LogP contribution in [-0.4, -0.2) is 15.8 Å². The number of aromatic nitrogens is 2. The summed E-state index contributed by atoms with van der Waals surface area (Å²) in [6, 6.07) is 6.30. The van der Waals surface area contributed by atoms with Crippen molar-refractivity contribution in [1.29, 1.82) is 0 Å². The second kappa shape index (κ2) is 5.50. The van der Waals surface area contributed by atoms with Crippen molar-refractivity contribution in [3.63, 3.8) is 0 Å². The van der Waals surface area contributed by atoms with Crippen molar-refractivity contribution in [2.24, 2.45) is 7.05 Å². The Hall–Kier alpha value is -1.72. The summed E-state index contributed by atoms with van der Waals surface area (Å²) in [5, 5.41) is 10.1. The van der Waals surface area contributed by atoms with Gasteiger partial charge in [0, 0.05) is 18.8 Å². The average molecular weight is 299 g/mol. The summed E-state index contributed by atoms with van der Waals surface area (Å²) in [5.41, 5.74) is 1.31. The number of amides is 2. The van der Waals surface area contributed by atoms with Crippen LogP contribution in [0.2, 0.25) is 10.0 Å². The molecular formula is C12H12Cl2N4O. The Labute approximate surface area is 120 Å². The van der Waals surface area contributed by atoms with Crippen LogP contribution in [0.1, 0.15) is 5.69 Å². The predicted octanol–water partition coefficient (Wildman–Crippen LogP) is 3.68. The highest BCUT2D eigenvalue weighted by Gasteiger charge is 2.11. The highest BCUT2D eigenvalue weighted by atomic mass is 35.5. The molecular weight excluding hydrogens is 287 g/mol. The molecule has 0 aliphatic heterocycles. The topological polar surface area (TPSA) is 59.0 Å². The van der Waals surface area contributed by atoms with E-state index in [2.05, 4.69) is 15.7 Å². The van der Waals surface area contributed by atoms with Crippen molar-refractivity contribution in [2.75, 3.05) is 10.6 Å². The van der Waals surface area contributed by atoms with E-state index in [-0.39, 0.29) is 0 Å². The van der Waals surface area contributed by atoms with Crippen molar-refractivity contribution in [3.05, 3.63) is 40.0 Å². The number of benzene rings is 1. The fourth-order valence-electron chi connectivity index (χ4n) is 1.50. The lowest BCUT2D eigenvalue weighted by atomic mass is 10.3. The van der Waals surface area contributed by atoms with Gasteiger partial charge in [0.1, 0.15) is 0 Å². The molecule has 5 nitrogen and oxygen atoms in total. The van der Waals surface area contributed by atoms with E-state index in [9.17, 15) is 4.79 Å². The fraction of sp³-hybridized carbons (Fsp3) is 0.167. The lowest BCUT2D eigenvalue weighted by molar-refractivity contribution is 0.262. The van der Waals surface area contributed by atoms with Crippen molar-refractivity contribution in [1.82, 2.24) is 9.78 Å². The molecule has 0 saturated carbocycles. The maximum absolute atomic E-state index is 11.8. The summed E-state index contributed by atoms with van der Waals surface area (Å²) in [5.74, 6) is 0.459. The number of halogens is 2. The van der Waals surface area contributed by atoms with Gasteiger partial charge < -0.3 is 5.32 Å². The van der Waals surface area contributed by atoms with E-state index in [1.165, 1.54) is 0 Å². The number of nitrogens with zero attached hydrogens (tertiary/aromatic N) is 2. The quantitative estimate of drug-likeness (QED) is 0.888. The minimum absolute atomic E-state index is 0.371. The Balaban J connectivity index is 2.09.